The summed E-state index contributed by atoms with van der Waals surface area (Å²) in [5.41, 5.74) is 2.61. The van der Waals surface area contributed by atoms with E-state index >= 15 is 0 Å². The average molecular weight is 437 g/mol. The van der Waals surface area contributed by atoms with Crippen molar-refractivity contribution in [2.24, 2.45) is 0 Å². The molecule has 1 aromatic heterocycles. The standard InChI is InChI=1S/C18H15BrClN3OS/c19-15-4-2-1-3-14(15)17(24)21-9-10-25-18-22-11-16(23-18)12-5-7-13(20)8-6-12/h1-8,11H,9-10H2,(H,21,24)(H,22,23). The largest absolute Gasteiger partial charge is 0.351 e. The zero-order valence-electron chi connectivity index (χ0n) is 13.1. The van der Waals surface area contributed by atoms with Crippen molar-refractivity contribution in [1.82, 2.24) is 15.3 Å². The Morgan fingerprint density at radius 3 is 2.72 bits per heavy atom. The van der Waals surface area contributed by atoms with Crippen LogP contribution in [0.25, 0.3) is 11.3 Å². The first-order valence-electron chi connectivity index (χ1n) is 7.60. The monoisotopic (exact) mass is 435 g/mol. The molecule has 0 radical (unpaired) electrons. The molecule has 128 valence electrons. The molecule has 3 aromatic rings. The molecular weight excluding hydrogens is 422 g/mol. The quantitative estimate of drug-likeness (QED) is 0.421. The van der Waals surface area contributed by atoms with E-state index in [0.717, 1.165) is 26.6 Å². The van der Waals surface area contributed by atoms with Gasteiger partial charge in [-0.25, -0.2) is 4.98 Å². The van der Waals surface area contributed by atoms with Gasteiger partial charge in [-0.3, -0.25) is 4.79 Å². The summed E-state index contributed by atoms with van der Waals surface area (Å²) in [6.07, 6.45) is 1.80. The lowest BCUT2D eigenvalue weighted by Crippen LogP contribution is -2.26. The van der Waals surface area contributed by atoms with Crippen molar-refractivity contribution in [3.8, 4) is 11.3 Å². The van der Waals surface area contributed by atoms with Crippen LogP contribution in [0.4, 0.5) is 0 Å². The Balaban J connectivity index is 1.49. The number of halogens is 2. The van der Waals surface area contributed by atoms with E-state index < -0.39 is 0 Å². The van der Waals surface area contributed by atoms with E-state index in [2.05, 4.69) is 31.2 Å². The first-order valence-corrected chi connectivity index (χ1v) is 9.75. The second-order valence-corrected chi connectivity index (χ2v) is 7.57. The number of aromatic amines is 1. The Bertz CT molecular complexity index is 867. The topological polar surface area (TPSA) is 57.8 Å². The molecule has 0 unspecified atom stereocenters. The molecule has 1 heterocycles. The summed E-state index contributed by atoms with van der Waals surface area (Å²) in [6, 6.07) is 15.0. The van der Waals surface area contributed by atoms with E-state index in [-0.39, 0.29) is 5.91 Å². The molecule has 3 rings (SSSR count). The Hall–Kier alpha value is -1.76. The average Bonchev–Trinajstić information content (AvgIpc) is 3.08. The third kappa shape index (κ3) is 4.87. The predicted octanol–water partition coefficient (Wildman–Crippen LogP) is 5.01. The van der Waals surface area contributed by atoms with Crippen LogP contribution in [0.5, 0.6) is 0 Å². The second kappa shape index (κ2) is 8.56. The molecule has 2 aromatic carbocycles. The number of thioether (sulfide) groups is 1. The van der Waals surface area contributed by atoms with Crippen LogP contribution in [0.1, 0.15) is 10.4 Å². The Labute approximate surface area is 163 Å². The molecule has 0 aliphatic heterocycles. The molecule has 0 aliphatic rings. The van der Waals surface area contributed by atoms with Crippen molar-refractivity contribution in [3.05, 3.63) is 69.8 Å². The molecule has 4 nitrogen and oxygen atoms in total. The fraction of sp³-hybridized carbons (Fsp3) is 0.111. The van der Waals surface area contributed by atoms with Crippen molar-refractivity contribution in [3.63, 3.8) is 0 Å². The van der Waals surface area contributed by atoms with E-state index in [9.17, 15) is 4.79 Å². The first kappa shape index (κ1) is 18.0. The third-order valence-electron chi connectivity index (χ3n) is 3.45. The highest BCUT2D eigenvalue weighted by molar-refractivity contribution is 9.10. The van der Waals surface area contributed by atoms with Crippen LogP contribution >= 0.6 is 39.3 Å². The summed E-state index contributed by atoms with van der Waals surface area (Å²) < 4.78 is 0.791. The molecule has 0 fully saturated rings. The molecule has 25 heavy (non-hydrogen) atoms. The molecule has 1 amide bonds. The van der Waals surface area contributed by atoms with Gasteiger partial charge in [0.15, 0.2) is 5.16 Å². The van der Waals surface area contributed by atoms with Crippen molar-refractivity contribution in [1.29, 1.82) is 0 Å². The van der Waals surface area contributed by atoms with Gasteiger partial charge in [-0.05, 0) is 45.8 Å². The van der Waals surface area contributed by atoms with Gasteiger partial charge in [-0.15, -0.1) is 0 Å². The van der Waals surface area contributed by atoms with Gasteiger partial charge in [0.05, 0.1) is 17.5 Å². The van der Waals surface area contributed by atoms with Crippen LogP contribution in [0.2, 0.25) is 5.02 Å². The van der Waals surface area contributed by atoms with Gasteiger partial charge in [0.25, 0.3) is 5.91 Å². The summed E-state index contributed by atoms with van der Waals surface area (Å²) >= 11 is 10.8. The molecule has 0 atom stereocenters. The van der Waals surface area contributed by atoms with Gasteiger partial charge in [0, 0.05) is 21.8 Å². The fourth-order valence-corrected chi connectivity index (χ4v) is 3.50. The number of benzene rings is 2. The van der Waals surface area contributed by atoms with Gasteiger partial charge >= 0.3 is 0 Å². The smallest absolute Gasteiger partial charge is 0.252 e. The number of aromatic nitrogens is 2. The number of nitrogens with zero attached hydrogens (tertiary/aromatic N) is 1. The maximum Gasteiger partial charge on any atom is 0.252 e. The predicted molar refractivity (Wildman–Crippen MR) is 106 cm³/mol. The van der Waals surface area contributed by atoms with E-state index in [0.29, 0.717) is 17.1 Å². The van der Waals surface area contributed by atoms with Crippen molar-refractivity contribution in [2.45, 2.75) is 5.16 Å². The van der Waals surface area contributed by atoms with E-state index in [1.807, 2.05) is 42.5 Å². The molecular formula is C18H15BrClN3OS. The number of nitrogens with one attached hydrogen (secondary N) is 2. The van der Waals surface area contributed by atoms with Crippen LogP contribution in [0.15, 0.2) is 64.4 Å². The highest BCUT2D eigenvalue weighted by atomic mass is 79.9. The number of hydrogen-bond donors (Lipinski definition) is 2. The summed E-state index contributed by atoms with van der Waals surface area (Å²) in [5.74, 6) is 0.637. The minimum atomic E-state index is -0.0885. The summed E-state index contributed by atoms with van der Waals surface area (Å²) in [7, 11) is 0. The van der Waals surface area contributed by atoms with E-state index in [1.54, 1.807) is 24.0 Å². The third-order valence-corrected chi connectivity index (χ3v) is 5.29. The summed E-state index contributed by atoms with van der Waals surface area (Å²) in [6.45, 7) is 0.557. The van der Waals surface area contributed by atoms with E-state index in [4.69, 9.17) is 11.6 Å². The number of carbonyl (C=O) groups excluding carboxylic acids is 1. The number of hydrogen-bond acceptors (Lipinski definition) is 3. The van der Waals surface area contributed by atoms with Crippen molar-refractivity contribution in [2.75, 3.05) is 12.3 Å². The molecule has 0 aliphatic carbocycles. The summed E-state index contributed by atoms with van der Waals surface area (Å²) in [4.78, 5) is 19.7. The highest BCUT2D eigenvalue weighted by Gasteiger charge is 2.09. The number of carbonyl (C=O) groups is 1. The Morgan fingerprint density at radius 2 is 1.96 bits per heavy atom. The Kier molecular flexibility index (Phi) is 6.18. The van der Waals surface area contributed by atoms with Crippen LogP contribution in [-0.4, -0.2) is 28.2 Å². The van der Waals surface area contributed by atoms with Crippen LogP contribution in [-0.2, 0) is 0 Å². The first-order chi connectivity index (χ1) is 12.1. The van der Waals surface area contributed by atoms with E-state index in [1.165, 1.54) is 0 Å². The maximum absolute atomic E-state index is 12.1. The molecule has 0 spiro atoms. The number of rotatable bonds is 6. The van der Waals surface area contributed by atoms with Crippen molar-refractivity contribution >= 4 is 45.2 Å². The lowest BCUT2D eigenvalue weighted by atomic mass is 10.2. The van der Waals surface area contributed by atoms with Gasteiger partial charge in [0.1, 0.15) is 0 Å². The van der Waals surface area contributed by atoms with Crippen LogP contribution in [0.3, 0.4) is 0 Å². The van der Waals surface area contributed by atoms with Crippen molar-refractivity contribution < 1.29 is 4.79 Å². The number of amides is 1. The van der Waals surface area contributed by atoms with Gasteiger partial charge in [-0.2, -0.15) is 0 Å². The maximum atomic E-state index is 12.1. The zero-order chi connectivity index (χ0) is 17.6. The SMILES string of the molecule is O=C(NCCSc1ncc(-c2ccc(Cl)cc2)[nH]1)c1ccccc1Br. The van der Waals surface area contributed by atoms with Gasteiger partial charge in [-0.1, -0.05) is 47.6 Å². The summed E-state index contributed by atoms with van der Waals surface area (Å²) in [5, 5.41) is 4.44. The minimum absolute atomic E-state index is 0.0885. The fourth-order valence-electron chi connectivity index (χ4n) is 2.21. The van der Waals surface area contributed by atoms with Crippen LogP contribution < -0.4 is 5.32 Å². The lowest BCUT2D eigenvalue weighted by Gasteiger charge is -2.06. The normalized spacial score (nSPS) is 10.6. The second-order valence-electron chi connectivity index (χ2n) is 5.19. The molecule has 7 heteroatoms. The highest BCUT2D eigenvalue weighted by Crippen LogP contribution is 2.22. The molecule has 0 saturated carbocycles. The van der Waals surface area contributed by atoms with Gasteiger partial charge in [0.2, 0.25) is 0 Å². The molecule has 0 bridgehead atoms. The number of imidazole rings is 1. The minimum Gasteiger partial charge on any atom is -0.351 e. The van der Waals surface area contributed by atoms with Gasteiger partial charge < -0.3 is 10.3 Å². The number of H-pyrrole nitrogens is 1. The van der Waals surface area contributed by atoms with Crippen LogP contribution in [0, 0.1) is 0 Å². The molecule has 2 N–H and O–H groups in total. The Morgan fingerprint density at radius 1 is 1.20 bits per heavy atom. The molecule has 0 saturated heterocycles. The zero-order valence-corrected chi connectivity index (χ0v) is 16.3. The lowest BCUT2D eigenvalue weighted by molar-refractivity contribution is 0.0955.